The lowest BCUT2D eigenvalue weighted by molar-refractivity contribution is 0.0929. The van der Waals surface area contributed by atoms with Crippen LogP contribution in [0.25, 0.3) is 21.2 Å². The first-order chi connectivity index (χ1) is 15.9. The number of nitrogens with zero attached hydrogens (tertiary/aromatic N) is 1. The van der Waals surface area contributed by atoms with Crippen molar-refractivity contribution in [2.75, 3.05) is 25.6 Å². The molecule has 0 spiro atoms. The zero-order valence-electron chi connectivity index (χ0n) is 18.2. The van der Waals surface area contributed by atoms with E-state index in [0.717, 1.165) is 38.7 Å². The Labute approximate surface area is 194 Å². The van der Waals surface area contributed by atoms with Crippen LogP contribution in [0.3, 0.4) is 0 Å². The molecule has 4 aromatic rings. The second-order valence-electron chi connectivity index (χ2n) is 8.19. The van der Waals surface area contributed by atoms with Gasteiger partial charge in [0.05, 0.1) is 18.3 Å². The van der Waals surface area contributed by atoms with Crippen LogP contribution in [0, 0.1) is 11.6 Å². The topological polar surface area (TPSA) is 41.6 Å². The summed E-state index contributed by atoms with van der Waals surface area (Å²) in [7, 11) is 3.79. The van der Waals surface area contributed by atoms with Crippen molar-refractivity contribution in [1.82, 2.24) is 5.32 Å². The summed E-state index contributed by atoms with van der Waals surface area (Å²) in [5.41, 5.74) is 3.09. The van der Waals surface area contributed by atoms with Gasteiger partial charge in [0.2, 0.25) is 0 Å². The summed E-state index contributed by atoms with van der Waals surface area (Å²) in [5.74, 6) is -1.16. The lowest BCUT2D eigenvalue weighted by atomic mass is 10.0. The first-order valence-corrected chi connectivity index (χ1v) is 11.5. The molecule has 4 nitrogen and oxygen atoms in total. The molecule has 0 radical (unpaired) electrons. The fourth-order valence-electron chi connectivity index (χ4n) is 4.31. The van der Waals surface area contributed by atoms with Crippen molar-refractivity contribution in [2.24, 2.45) is 0 Å². The molecule has 1 aliphatic rings. The van der Waals surface area contributed by atoms with E-state index in [1.165, 1.54) is 17.4 Å². The summed E-state index contributed by atoms with van der Waals surface area (Å²) < 4.78 is 34.0. The van der Waals surface area contributed by atoms with Crippen molar-refractivity contribution in [3.8, 4) is 16.9 Å². The summed E-state index contributed by atoms with van der Waals surface area (Å²) in [6, 6.07) is 17.1. The van der Waals surface area contributed by atoms with Crippen LogP contribution in [0.1, 0.15) is 27.7 Å². The van der Waals surface area contributed by atoms with Gasteiger partial charge >= 0.3 is 0 Å². The zero-order chi connectivity index (χ0) is 23.1. The summed E-state index contributed by atoms with van der Waals surface area (Å²) in [5, 5.41) is 4.07. The number of carbonyl (C=O) groups is 1. The molecule has 1 aliphatic heterocycles. The minimum Gasteiger partial charge on any atom is -0.493 e. The van der Waals surface area contributed by atoms with Gasteiger partial charge in [-0.3, -0.25) is 4.79 Å². The normalized spacial score (nSPS) is 15.1. The van der Waals surface area contributed by atoms with Gasteiger partial charge in [0.1, 0.15) is 10.6 Å². The third kappa shape index (κ3) is 3.82. The van der Waals surface area contributed by atoms with Crippen molar-refractivity contribution < 1.29 is 18.3 Å². The molecular weight excluding hydrogens is 442 g/mol. The van der Waals surface area contributed by atoms with Crippen LogP contribution in [0.4, 0.5) is 14.5 Å². The highest BCUT2D eigenvalue weighted by Crippen LogP contribution is 2.43. The number of hydrogen-bond acceptors (Lipinski definition) is 4. The number of rotatable bonds is 4. The van der Waals surface area contributed by atoms with Gasteiger partial charge in [-0.2, -0.15) is 0 Å². The monoisotopic (exact) mass is 464 g/mol. The molecule has 33 heavy (non-hydrogen) atoms. The van der Waals surface area contributed by atoms with Crippen molar-refractivity contribution >= 4 is 33.0 Å². The Morgan fingerprint density at radius 1 is 1.06 bits per heavy atom. The second kappa shape index (κ2) is 8.48. The molecule has 1 atom stereocenters. The Hall–Kier alpha value is -3.45. The number of benzene rings is 3. The number of hydrogen-bond donors (Lipinski definition) is 1. The molecule has 1 aromatic heterocycles. The molecule has 168 valence electrons. The Kier molecular flexibility index (Phi) is 5.50. The smallest absolute Gasteiger partial charge is 0.264 e. The molecule has 5 rings (SSSR count). The number of fused-ring (bicyclic) bond motifs is 2. The minimum absolute atomic E-state index is 0.145. The lowest BCUT2D eigenvalue weighted by Crippen LogP contribution is -2.32. The molecule has 7 heteroatoms. The molecule has 0 fully saturated rings. The maximum atomic E-state index is 13.9. The Morgan fingerprint density at radius 2 is 1.88 bits per heavy atom. The Balaban J connectivity index is 1.58. The van der Waals surface area contributed by atoms with E-state index in [1.54, 1.807) is 6.07 Å². The van der Waals surface area contributed by atoms with E-state index >= 15 is 0 Å². The summed E-state index contributed by atoms with van der Waals surface area (Å²) in [6.07, 6.45) is 0.686. The first kappa shape index (κ1) is 21.4. The molecule has 3 aromatic carbocycles. The third-order valence-electron chi connectivity index (χ3n) is 5.84. The van der Waals surface area contributed by atoms with Gasteiger partial charge in [0, 0.05) is 36.2 Å². The van der Waals surface area contributed by atoms with Crippen LogP contribution in [0.5, 0.6) is 5.75 Å². The largest absolute Gasteiger partial charge is 0.493 e. The van der Waals surface area contributed by atoms with Crippen molar-refractivity contribution in [1.29, 1.82) is 0 Å². The van der Waals surface area contributed by atoms with Gasteiger partial charge in [0.25, 0.3) is 5.91 Å². The van der Waals surface area contributed by atoms with E-state index in [9.17, 15) is 13.6 Å². The van der Waals surface area contributed by atoms with E-state index in [-0.39, 0.29) is 11.9 Å². The number of ether oxygens (including phenoxy) is 1. The molecule has 0 saturated carbocycles. The molecule has 0 unspecified atom stereocenters. The van der Waals surface area contributed by atoms with E-state index in [0.29, 0.717) is 23.5 Å². The fraction of sp³-hybridized carbons (Fsp3) is 0.192. The average Bonchev–Trinajstić information content (AvgIpc) is 3.21. The van der Waals surface area contributed by atoms with E-state index in [1.807, 2.05) is 61.5 Å². The summed E-state index contributed by atoms with van der Waals surface area (Å²) >= 11 is 1.36. The van der Waals surface area contributed by atoms with Gasteiger partial charge in [-0.25, -0.2) is 8.78 Å². The van der Waals surface area contributed by atoms with Crippen LogP contribution in [-0.2, 0) is 0 Å². The quantitative estimate of drug-likeness (QED) is 0.393. The predicted molar refractivity (Wildman–Crippen MR) is 128 cm³/mol. The van der Waals surface area contributed by atoms with Crippen molar-refractivity contribution in [3.63, 3.8) is 0 Å². The third-order valence-corrected chi connectivity index (χ3v) is 7.06. The number of anilines is 1. The zero-order valence-corrected chi connectivity index (χ0v) is 19.0. The fourth-order valence-corrected chi connectivity index (χ4v) is 5.63. The highest BCUT2D eigenvalue weighted by atomic mass is 32.1. The Bertz CT molecular complexity index is 1370. The molecule has 1 amide bonds. The molecule has 0 saturated heterocycles. The van der Waals surface area contributed by atoms with Gasteiger partial charge in [-0.1, -0.05) is 42.5 Å². The van der Waals surface area contributed by atoms with Crippen LogP contribution in [-0.4, -0.2) is 26.6 Å². The SMILES string of the molecule is CN(C)c1c(C(=O)N[C@H]2CCOc3ccccc32)sc2c(-c3ccc(F)c(F)c3)cccc12. The number of amides is 1. The molecule has 2 heterocycles. The first-order valence-electron chi connectivity index (χ1n) is 10.6. The summed E-state index contributed by atoms with van der Waals surface area (Å²) in [4.78, 5) is 16.0. The van der Waals surface area contributed by atoms with Crippen molar-refractivity contribution in [2.45, 2.75) is 12.5 Å². The van der Waals surface area contributed by atoms with Gasteiger partial charge in [-0.05, 0) is 29.3 Å². The van der Waals surface area contributed by atoms with Crippen LogP contribution in [0.2, 0.25) is 0 Å². The van der Waals surface area contributed by atoms with E-state index in [2.05, 4.69) is 5.32 Å². The molecule has 0 aliphatic carbocycles. The minimum atomic E-state index is -0.898. The number of para-hydroxylation sites is 1. The molecule has 0 bridgehead atoms. The van der Waals surface area contributed by atoms with Crippen molar-refractivity contribution in [3.05, 3.63) is 82.7 Å². The average molecular weight is 465 g/mol. The van der Waals surface area contributed by atoms with E-state index in [4.69, 9.17) is 4.74 Å². The maximum Gasteiger partial charge on any atom is 0.264 e. The van der Waals surface area contributed by atoms with Gasteiger partial charge < -0.3 is 15.0 Å². The highest BCUT2D eigenvalue weighted by Gasteiger charge is 2.27. The predicted octanol–water partition coefficient (Wildman–Crippen LogP) is 6.17. The number of nitrogens with one attached hydrogen (secondary N) is 1. The Morgan fingerprint density at radius 3 is 2.67 bits per heavy atom. The number of carbonyl (C=O) groups excluding carboxylic acids is 1. The van der Waals surface area contributed by atoms with Crippen LogP contribution in [0.15, 0.2) is 60.7 Å². The highest BCUT2D eigenvalue weighted by molar-refractivity contribution is 7.22. The molecule has 1 N–H and O–H groups in total. The maximum absolute atomic E-state index is 13.9. The van der Waals surface area contributed by atoms with Gasteiger partial charge in [-0.15, -0.1) is 11.3 Å². The summed E-state index contributed by atoms with van der Waals surface area (Å²) in [6.45, 7) is 0.537. The van der Waals surface area contributed by atoms with Crippen LogP contribution >= 0.6 is 11.3 Å². The van der Waals surface area contributed by atoms with Crippen LogP contribution < -0.4 is 15.0 Å². The number of halogens is 2. The molecular formula is C26H22F2N2O2S. The standard InChI is InChI=1S/C26H22F2N2O2S/c1-30(2)23-18-8-5-7-16(15-10-11-19(27)20(28)14-15)24(18)33-25(23)26(31)29-21-12-13-32-22-9-4-3-6-17(21)22/h3-11,14,21H,12-13H2,1-2H3,(H,29,31)/t21-/m0/s1. The number of thiophene rings is 1. The second-order valence-corrected chi connectivity index (χ2v) is 9.21. The van der Waals surface area contributed by atoms with Gasteiger partial charge in [0.15, 0.2) is 11.6 Å². The lowest BCUT2D eigenvalue weighted by Gasteiger charge is -2.26. The van der Waals surface area contributed by atoms with E-state index < -0.39 is 11.6 Å².